The van der Waals surface area contributed by atoms with Crippen LogP contribution in [-0.2, 0) is 29.5 Å². The number of carbonyl (C=O) groups is 2. The number of hydrogen-bond donors (Lipinski definition) is 4. The number of nitrogens with two attached hydrogens (primary N) is 2. The Bertz CT molecular complexity index is 1340. The Hall–Kier alpha value is -2.21. The molecule has 0 saturated carbocycles. The van der Waals surface area contributed by atoms with Crippen LogP contribution in [0.4, 0.5) is 0 Å². The average Bonchev–Trinajstić information content (AvgIpc) is 2.94. The number of quaternary nitrogens is 2. The second-order valence-electron chi connectivity index (χ2n) is 11.0. The zero-order valence-electron chi connectivity index (χ0n) is 25.6. The summed E-state index contributed by atoms with van der Waals surface area (Å²) in [4.78, 5) is 39.8. The molecule has 0 spiro atoms. The molecule has 2 atom stereocenters. The number of pyridine rings is 1. The Morgan fingerprint density at radius 3 is 2.11 bits per heavy atom. The molecule has 1 amide bonds. The van der Waals surface area contributed by atoms with Gasteiger partial charge in [0, 0.05) is 45.0 Å². The van der Waals surface area contributed by atoms with Crippen LogP contribution in [0.25, 0.3) is 10.9 Å². The zero-order chi connectivity index (χ0) is 29.1. The second-order valence-corrected chi connectivity index (χ2v) is 11.0. The summed E-state index contributed by atoms with van der Waals surface area (Å²) in [5, 5.41) is 3.86. The second kappa shape index (κ2) is 21.5. The SMILES string of the molecule is Cl.Cl.Cl.Cl.Cn1c(=O)c(CC(=O)[C@@H](CCc2ccccc2)NC(=O)[C@@H]([NH3+])CCC[N+](C)(CCN)CCN)cc2ccccc21. The number of nitrogens with one attached hydrogen (secondary N) is 1. The molecule has 0 aliphatic rings. The van der Waals surface area contributed by atoms with E-state index in [1.807, 2.05) is 54.6 Å². The predicted octanol–water partition coefficient (Wildman–Crippen LogP) is 2.21. The predicted molar refractivity (Wildman–Crippen MR) is 188 cm³/mol. The molecular weight excluding hydrogens is 646 g/mol. The summed E-state index contributed by atoms with van der Waals surface area (Å²) in [5.74, 6) is -0.427. The third-order valence-electron chi connectivity index (χ3n) is 7.80. The number of para-hydroxylation sites is 1. The fourth-order valence-corrected chi connectivity index (χ4v) is 5.30. The van der Waals surface area contributed by atoms with Crippen molar-refractivity contribution in [1.82, 2.24) is 9.88 Å². The monoisotopic (exact) mass is 694 g/mol. The molecule has 13 heteroatoms. The van der Waals surface area contributed by atoms with E-state index >= 15 is 0 Å². The molecule has 3 aromatic rings. The summed E-state index contributed by atoms with van der Waals surface area (Å²) >= 11 is 0. The number of ketones is 1. The largest absolute Gasteiger partial charge is 0.347 e. The normalized spacial score (nSPS) is 12.0. The van der Waals surface area contributed by atoms with Crippen molar-refractivity contribution in [2.24, 2.45) is 18.5 Å². The summed E-state index contributed by atoms with van der Waals surface area (Å²) in [5.41, 5.74) is 17.8. The summed E-state index contributed by atoms with van der Waals surface area (Å²) in [6.07, 6.45) is 2.42. The summed E-state index contributed by atoms with van der Waals surface area (Å²) in [6.45, 7) is 3.67. The Balaban J connectivity index is 0. The lowest BCUT2D eigenvalue weighted by atomic mass is 9.97. The minimum Gasteiger partial charge on any atom is -0.347 e. The van der Waals surface area contributed by atoms with E-state index in [0.29, 0.717) is 37.9 Å². The molecule has 0 aliphatic carbocycles. The van der Waals surface area contributed by atoms with Gasteiger partial charge in [0.15, 0.2) is 11.8 Å². The fourth-order valence-electron chi connectivity index (χ4n) is 5.30. The number of rotatable bonds is 16. The number of aromatic nitrogens is 1. The lowest BCUT2D eigenvalue weighted by molar-refractivity contribution is -0.907. The van der Waals surface area contributed by atoms with Gasteiger partial charge < -0.3 is 31.6 Å². The van der Waals surface area contributed by atoms with Crippen molar-refractivity contribution < 1.29 is 19.8 Å². The Kier molecular flexibility index (Phi) is 21.5. The van der Waals surface area contributed by atoms with Crippen LogP contribution >= 0.6 is 49.6 Å². The van der Waals surface area contributed by atoms with Crippen LogP contribution in [0.15, 0.2) is 65.5 Å². The van der Waals surface area contributed by atoms with Gasteiger partial charge in [-0.1, -0.05) is 48.5 Å². The number of aryl methyl sites for hydroxylation is 2. The highest BCUT2D eigenvalue weighted by atomic mass is 35.5. The van der Waals surface area contributed by atoms with Crippen molar-refractivity contribution in [3.05, 3.63) is 82.1 Å². The first-order chi connectivity index (χ1) is 19.2. The van der Waals surface area contributed by atoms with Crippen molar-refractivity contribution in [1.29, 1.82) is 0 Å². The topological polar surface area (TPSA) is 148 Å². The summed E-state index contributed by atoms with van der Waals surface area (Å²) in [6, 6.07) is 18.0. The molecule has 248 valence electrons. The summed E-state index contributed by atoms with van der Waals surface area (Å²) in [7, 11) is 3.85. The van der Waals surface area contributed by atoms with E-state index in [4.69, 9.17) is 11.5 Å². The van der Waals surface area contributed by atoms with E-state index in [9.17, 15) is 14.4 Å². The molecule has 1 heterocycles. The minimum atomic E-state index is -0.719. The van der Waals surface area contributed by atoms with Gasteiger partial charge in [0.1, 0.15) is 0 Å². The molecule has 0 bridgehead atoms. The number of halogens is 4. The number of benzene rings is 2. The number of hydrogen-bond acceptors (Lipinski definition) is 5. The maximum atomic E-state index is 13.6. The van der Waals surface area contributed by atoms with E-state index in [2.05, 4.69) is 18.1 Å². The van der Waals surface area contributed by atoms with Gasteiger partial charge >= 0.3 is 0 Å². The van der Waals surface area contributed by atoms with E-state index in [-0.39, 0.29) is 73.3 Å². The molecule has 1 aromatic heterocycles. The zero-order valence-corrected chi connectivity index (χ0v) is 28.9. The quantitative estimate of drug-likeness (QED) is 0.170. The molecule has 3 rings (SSSR count). The van der Waals surface area contributed by atoms with Crippen LogP contribution in [0.5, 0.6) is 0 Å². The van der Waals surface area contributed by atoms with E-state index < -0.39 is 12.1 Å². The van der Waals surface area contributed by atoms with Crippen LogP contribution < -0.4 is 28.1 Å². The number of amides is 1. The first-order valence-electron chi connectivity index (χ1n) is 14.2. The van der Waals surface area contributed by atoms with Gasteiger partial charge in [-0.3, -0.25) is 14.4 Å². The first kappa shape index (κ1) is 43.9. The molecule has 9 nitrogen and oxygen atoms in total. The number of nitrogens with zero attached hydrogens (tertiary/aromatic N) is 2. The van der Waals surface area contributed by atoms with Gasteiger partial charge in [-0.05, 0) is 35.9 Å². The third kappa shape index (κ3) is 12.7. The smallest absolute Gasteiger partial charge is 0.278 e. The fraction of sp³-hybridized carbons (Fsp3) is 0.452. The first-order valence-corrected chi connectivity index (χ1v) is 14.2. The highest BCUT2D eigenvalue weighted by Gasteiger charge is 2.27. The van der Waals surface area contributed by atoms with Gasteiger partial charge in [-0.25, -0.2) is 0 Å². The third-order valence-corrected chi connectivity index (χ3v) is 7.80. The number of Topliss-reactive ketones (excluding diaryl/α,β-unsaturated/α-hetero) is 1. The molecule has 0 aliphatic heterocycles. The Labute approximate surface area is 285 Å². The van der Waals surface area contributed by atoms with Gasteiger partial charge in [0.05, 0.1) is 38.2 Å². The maximum absolute atomic E-state index is 13.6. The maximum Gasteiger partial charge on any atom is 0.278 e. The number of carbonyl (C=O) groups excluding carboxylic acids is 2. The van der Waals surface area contributed by atoms with Crippen molar-refractivity contribution >= 4 is 72.2 Å². The molecular formula is C31H50Cl4N6O3+2. The standard InChI is InChI=1S/C31H44N6O3.4ClH/c1-36-28-13-7-6-11-24(28)21-25(31(36)40)22-29(38)27(15-14-23-9-4-3-5-10-23)35-30(39)26(34)12-8-18-37(2,19-16-32)20-17-33;;;;/h3-7,9-11,13,21,26-27H,8,12,14-20,22,32-34H2,1-2H3;4*1H/p+2/t26-,27+;;;;/m0..../s1. The molecule has 2 aromatic carbocycles. The van der Waals surface area contributed by atoms with Gasteiger partial charge in [-0.2, -0.15) is 0 Å². The van der Waals surface area contributed by atoms with Gasteiger partial charge in [0.2, 0.25) is 0 Å². The van der Waals surface area contributed by atoms with Crippen molar-refractivity contribution in [3.8, 4) is 0 Å². The van der Waals surface area contributed by atoms with Crippen molar-refractivity contribution in [2.75, 3.05) is 39.8 Å². The summed E-state index contributed by atoms with van der Waals surface area (Å²) < 4.78 is 2.34. The van der Waals surface area contributed by atoms with E-state index in [1.54, 1.807) is 17.7 Å². The van der Waals surface area contributed by atoms with Crippen molar-refractivity contribution in [2.45, 2.75) is 44.2 Å². The molecule has 8 N–H and O–H groups in total. The minimum absolute atomic E-state index is 0. The molecule has 0 fully saturated rings. The number of fused-ring (bicyclic) bond motifs is 1. The molecule has 0 saturated heterocycles. The van der Waals surface area contributed by atoms with E-state index in [0.717, 1.165) is 47.0 Å². The number of likely N-dealkylation sites (N-methyl/N-ethyl adjacent to an activating group) is 1. The van der Waals surface area contributed by atoms with Gasteiger partial charge in [-0.15, -0.1) is 49.6 Å². The lowest BCUT2D eigenvalue weighted by Gasteiger charge is -2.34. The van der Waals surface area contributed by atoms with Crippen molar-refractivity contribution in [3.63, 3.8) is 0 Å². The van der Waals surface area contributed by atoms with E-state index in [1.165, 1.54) is 0 Å². The molecule has 0 unspecified atom stereocenters. The van der Waals surface area contributed by atoms with Crippen LogP contribution in [0.2, 0.25) is 0 Å². The van der Waals surface area contributed by atoms with Crippen LogP contribution in [-0.4, -0.2) is 72.6 Å². The Morgan fingerprint density at radius 2 is 1.50 bits per heavy atom. The lowest BCUT2D eigenvalue weighted by Crippen LogP contribution is -2.68. The van der Waals surface area contributed by atoms with Crippen LogP contribution in [0.3, 0.4) is 0 Å². The molecule has 0 radical (unpaired) electrons. The van der Waals surface area contributed by atoms with Crippen LogP contribution in [0.1, 0.15) is 30.4 Å². The highest BCUT2D eigenvalue weighted by Crippen LogP contribution is 2.14. The average molecular weight is 697 g/mol. The van der Waals surface area contributed by atoms with Gasteiger partial charge in [0.25, 0.3) is 11.5 Å². The highest BCUT2D eigenvalue weighted by molar-refractivity contribution is 5.92. The Morgan fingerprint density at radius 1 is 0.909 bits per heavy atom. The van der Waals surface area contributed by atoms with Crippen LogP contribution in [0, 0.1) is 0 Å². The molecule has 44 heavy (non-hydrogen) atoms.